The average Bonchev–Trinajstić information content (AvgIpc) is 3.12. The molecule has 1 aromatic carbocycles. The van der Waals surface area contributed by atoms with Gasteiger partial charge >= 0.3 is 0 Å². The van der Waals surface area contributed by atoms with Gasteiger partial charge in [-0.25, -0.2) is 4.39 Å². The number of oxime groups is 1. The van der Waals surface area contributed by atoms with E-state index >= 15 is 0 Å². The lowest BCUT2D eigenvalue weighted by Crippen LogP contribution is -2.65. The van der Waals surface area contributed by atoms with Crippen LogP contribution in [0, 0.1) is 11.7 Å². The topological polar surface area (TPSA) is 50.0 Å². The van der Waals surface area contributed by atoms with Gasteiger partial charge in [-0.05, 0) is 50.2 Å². The lowest BCUT2D eigenvalue weighted by Gasteiger charge is -2.49. The highest BCUT2D eigenvalue weighted by atomic mass is 19.1. The molecule has 3 saturated heterocycles. The minimum atomic E-state index is -0.421. The van der Waals surface area contributed by atoms with Crippen LogP contribution in [0.4, 0.5) is 4.39 Å². The van der Waals surface area contributed by atoms with Crippen molar-refractivity contribution in [1.29, 1.82) is 0 Å². The van der Waals surface area contributed by atoms with Gasteiger partial charge in [0.05, 0.1) is 6.54 Å². The summed E-state index contributed by atoms with van der Waals surface area (Å²) < 4.78 is 19.1. The SMILES string of the molecule is Fc1ccc2oc(C3=NO[C@@]4(CN5CCC4CC5)N3)cc2c1. The second-order valence-electron chi connectivity index (χ2n) is 6.39. The summed E-state index contributed by atoms with van der Waals surface area (Å²) in [7, 11) is 0. The summed E-state index contributed by atoms with van der Waals surface area (Å²) in [5.74, 6) is 1.39. The summed E-state index contributed by atoms with van der Waals surface area (Å²) >= 11 is 0. The van der Waals surface area contributed by atoms with E-state index in [1.807, 2.05) is 0 Å². The maximum Gasteiger partial charge on any atom is 0.224 e. The molecule has 3 fully saturated rings. The van der Waals surface area contributed by atoms with Crippen molar-refractivity contribution in [2.45, 2.75) is 18.6 Å². The van der Waals surface area contributed by atoms with Crippen LogP contribution >= 0.6 is 0 Å². The van der Waals surface area contributed by atoms with Gasteiger partial charge in [0.1, 0.15) is 11.4 Å². The van der Waals surface area contributed by atoms with E-state index in [1.54, 1.807) is 12.1 Å². The van der Waals surface area contributed by atoms with Crippen LogP contribution in [0.5, 0.6) is 0 Å². The van der Waals surface area contributed by atoms with Crippen molar-refractivity contribution in [3.05, 3.63) is 35.8 Å². The van der Waals surface area contributed by atoms with Crippen LogP contribution in [0.25, 0.3) is 11.0 Å². The molecule has 4 aliphatic rings. The first-order valence-corrected chi connectivity index (χ1v) is 7.68. The molecular formula is C16H16FN3O2. The predicted octanol–water partition coefficient (Wildman–Crippen LogP) is 2.28. The van der Waals surface area contributed by atoms with Crippen LogP contribution in [-0.4, -0.2) is 36.1 Å². The number of amidine groups is 1. The van der Waals surface area contributed by atoms with Gasteiger partial charge in [-0.15, -0.1) is 0 Å². The molecule has 1 N–H and O–H groups in total. The number of rotatable bonds is 1. The Morgan fingerprint density at radius 3 is 2.91 bits per heavy atom. The van der Waals surface area contributed by atoms with Crippen LogP contribution in [-0.2, 0) is 4.84 Å². The Bertz CT molecular complexity index is 779. The zero-order valence-corrected chi connectivity index (χ0v) is 12.0. The highest BCUT2D eigenvalue weighted by Crippen LogP contribution is 2.39. The van der Waals surface area contributed by atoms with E-state index < -0.39 is 5.72 Å². The molecule has 0 amide bonds. The number of benzene rings is 1. The molecule has 2 bridgehead atoms. The second kappa shape index (κ2) is 4.23. The first-order valence-electron chi connectivity index (χ1n) is 7.68. The van der Waals surface area contributed by atoms with Gasteiger partial charge in [-0.3, -0.25) is 4.90 Å². The molecule has 2 aromatic rings. The van der Waals surface area contributed by atoms with E-state index in [-0.39, 0.29) is 5.82 Å². The molecule has 6 rings (SSSR count). The van der Waals surface area contributed by atoms with Crippen LogP contribution < -0.4 is 5.32 Å². The van der Waals surface area contributed by atoms with Gasteiger partial charge in [0.2, 0.25) is 11.6 Å². The molecule has 0 saturated carbocycles. The lowest BCUT2D eigenvalue weighted by molar-refractivity contribution is -0.148. The van der Waals surface area contributed by atoms with Crippen LogP contribution in [0.3, 0.4) is 0 Å². The van der Waals surface area contributed by atoms with Crippen molar-refractivity contribution in [2.75, 3.05) is 19.6 Å². The number of fused-ring (bicyclic) bond motifs is 3. The fourth-order valence-corrected chi connectivity index (χ4v) is 3.87. The zero-order chi connectivity index (χ0) is 14.7. The minimum absolute atomic E-state index is 0.272. The van der Waals surface area contributed by atoms with E-state index in [1.165, 1.54) is 12.1 Å². The van der Waals surface area contributed by atoms with E-state index in [9.17, 15) is 4.39 Å². The number of hydrogen-bond donors (Lipinski definition) is 1. The van der Waals surface area contributed by atoms with Gasteiger partial charge < -0.3 is 14.6 Å². The molecule has 1 spiro atoms. The molecule has 0 unspecified atom stereocenters. The standard InChI is InChI=1S/C16H16FN3O2/c17-12-1-2-13-10(7-12)8-14(21-13)15-18-16(22-19-15)9-20-5-3-11(16)4-6-20/h1-2,7-8,11H,3-6,9H2,(H,18,19)/t16-/m1/s1. The summed E-state index contributed by atoms with van der Waals surface area (Å²) in [4.78, 5) is 8.21. The van der Waals surface area contributed by atoms with Gasteiger partial charge in [-0.2, -0.15) is 0 Å². The number of nitrogens with zero attached hydrogens (tertiary/aromatic N) is 2. The molecule has 22 heavy (non-hydrogen) atoms. The van der Waals surface area contributed by atoms with Gasteiger partial charge in [0, 0.05) is 11.3 Å². The zero-order valence-electron chi connectivity index (χ0n) is 12.0. The highest BCUT2D eigenvalue weighted by Gasteiger charge is 2.52. The lowest BCUT2D eigenvalue weighted by atomic mass is 9.81. The first-order chi connectivity index (χ1) is 10.7. The summed E-state index contributed by atoms with van der Waals surface area (Å²) in [6.07, 6.45) is 2.25. The van der Waals surface area contributed by atoms with Crippen molar-refractivity contribution in [2.24, 2.45) is 11.1 Å². The molecule has 114 valence electrons. The largest absolute Gasteiger partial charge is 0.453 e. The Kier molecular flexibility index (Phi) is 2.39. The van der Waals surface area contributed by atoms with Crippen LogP contribution in [0.1, 0.15) is 18.6 Å². The summed E-state index contributed by atoms with van der Waals surface area (Å²) in [6.45, 7) is 3.12. The summed E-state index contributed by atoms with van der Waals surface area (Å²) in [5, 5.41) is 8.37. The molecule has 5 heterocycles. The molecule has 1 atom stereocenters. The van der Waals surface area contributed by atoms with Gasteiger partial charge in [-0.1, -0.05) is 5.16 Å². The van der Waals surface area contributed by atoms with Gasteiger partial charge in [0.25, 0.3) is 0 Å². The maximum absolute atomic E-state index is 13.3. The van der Waals surface area contributed by atoms with Crippen molar-refractivity contribution in [1.82, 2.24) is 10.2 Å². The normalized spacial score (nSPS) is 33.0. The molecule has 5 nitrogen and oxygen atoms in total. The molecule has 6 heteroatoms. The number of furan rings is 1. The van der Waals surface area contributed by atoms with E-state index in [2.05, 4.69) is 15.4 Å². The molecule has 0 aliphatic carbocycles. The van der Waals surface area contributed by atoms with E-state index in [0.717, 1.165) is 37.9 Å². The molecule has 4 aliphatic heterocycles. The van der Waals surface area contributed by atoms with Crippen molar-refractivity contribution in [3.63, 3.8) is 0 Å². The molecule has 0 radical (unpaired) electrons. The van der Waals surface area contributed by atoms with E-state index in [4.69, 9.17) is 9.25 Å². The van der Waals surface area contributed by atoms with E-state index in [0.29, 0.717) is 23.1 Å². The summed E-state index contributed by atoms with van der Waals surface area (Å²) in [6, 6.07) is 6.29. The third kappa shape index (κ3) is 1.70. The number of halogens is 1. The van der Waals surface area contributed by atoms with Crippen LogP contribution in [0.15, 0.2) is 33.8 Å². The van der Waals surface area contributed by atoms with Crippen molar-refractivity contribution < 1.29 is 13.6 Å². The second-order valence-corrected chi connectivity index (χ2v) is 6.39. The van der Waals surface area contributed by atoms with Crippen molar-refractivity contribution in [3.8, 4) is 0 Å². The first kappa shape index (κ1) is 12.5. The molecule has 1 aromatic heterocycles. The fourth-order valence-electron chi connectivity index (χ4n) is 3.87. The van der Waals surface area contributed by atoms with Crippen molar-refractivity contribution >= 4 is 16.8 Å². The Morgan fingerprint density at radius 2 is 2.14 bits per heavy atom. The Morgan fingerprint density at radius 1 is 1.27 bits per heavy atom. The summed E-state index contributed by atoms with van der Waals surface area (Å²) in [5.41, 5.74) is 0.228. The highest BCUT2D eigenvalue weighted by molar-refractivity contribution is 6.00. The van der Waals surface area contributed by atoms with Gasteiger partial charge in [0.15, 0.2) is 5.76 Å². The Balaban J connectivity index is 1.46. The quantitative estimate of drug-likeness (QED) is 0.878. The monoisotopic (exact) mass is 301 g/mol. The third-order valence-corrected chi connectivity index (χ3v) is 5.05. The number of hydrogen-bond acceptors (Lipinski definition) is 5. The number of nitrogens with one attached hydrogen (secondary N) is 1. The fraction of sp³-hybridized carbons (Fsp3) is 0.438. The Hall–Kier alpha value is -2.08. The maximum atomic E-state index is 13.3. The average molecular weight is 301 g/mol. The molecular weight excluding hydrogens is 285 g/mol. The van der Waals surface area contributed by atoms with Crippen LogP contribution in [0.2, 0.25) is 0 Å². The Labute approximate surface area is 126 Å². The smallest absolute Gasteiger partial charge is 0.224 e. The third-order valence-electron chi connectivity index (χ3n) is 5.05. The minimum Gasteiger partial charge on any atom is -0.453 e. The number of piperidine rings is 3. The predicted molar refractivity (Wildman–Crippen MR) is 78.8 cm³/mol.